The van der Waals surface area contributed by atoms with Gasteiger partial charge in [-0.2, -0.15) is 0 Å². The Balaban J connectivity index is 2.12. The van der Waals surface area contributed by atoms with E-state index in [2.05, 4.69) is 10.6 Å². The van der Waals surface area contributed by atoms with Crippen LogP contribution in [0.4, 0.5) is 10.5 Å². The van der Waals surface area contributed by atoms with Gasteiger partial charge in [-0.1, -0.05) is 41.9 Å². The fourth-order valence-electron chi connectivity index (χ4n) is 2.59. The zero-order valence-corrected chi connectivity index (χ0v) is 17.7. The predicted octanol–water partition coefficient (Wildman–Crippen LogP) is 4.62. The van der Waals surface area contributed by atoms with Gasteiger partial charge in [-0.05, 0) is 51.5 Å². The topological polar surface area (TPSA) is 84.5 Å². The van der Waals surface area contributed by atoms with E-state index in [1.807, 2.05) is 6.07 Å². The van der Waals surface area contributed by atoms with Gasteiger partial charge in [0.05, 0.1) is 16.6 Å². The van der Waals surface area contributed by atoms with E-state index in [0.29, 0.717) is 11.3 Å². The Bertz CT molecular complexity index is 891. The highest BCUT2D eigenvalue weighted by Crippen LogP contribution is 2.23. The van der Waals surface area contributed by atoms with Crippen molar-refractivity contribution in [2.24, 2.45) is 0 Å². The van der Waals surface area contributed by atoms with Gasteiger partial charge >= 0.3 is 6.09 Å². The molecular weight excluding hydrogens is 392 g/mol. The van der Waals surface area contributed by atoms with Crippen molar-refractivity contribution < 1.29 is 19.1 Å². The van der Waals surface area contributed by atoms with Crippen LogP contribution in [0.15, 0.2) is 48.5 Å². The largest absolute Gasteiger partial charge is 0.444 e. The lowest BCUT2D eigenvalue weighted by atomic mass is 9.99. The first-order chi connectivity index (χ1) is 13.6. The summed E-state index contributed by atoms with van der Waals surface area (Å²) in [6.45, 7) is 6.79. The van der Waals surface area contributed by atoms with Crippen molar-refractivity contribution in [1.29, 1.82) is 0 Å². The summed E-state index contributed by atoms with van der Waals surface area (Å²) in [4.78, 5) is 37.2. The van der Waals surface area contributed by atoms with Crippen LogP contribution in [0.3, 0.4) is 0 Å². The number of alkyl carbamates (subject to hydrolysis) is 1. The van der Waals surface area contributed by atoms with Crippen LogP contribution in [0, 0.1) is 0 Å². The lowest BCUT2D eigenvalue weighted by molar-refractivity contribution is -0.120. The number of benzene rings is 2. The molecule has 0 saturated carbocycles. The zero-order chi connectivity index (χ0) is 21.6. The summed E-state index contributed by atoms with van der Waals surface area (Å²) in [5, 5.41) is 5.54. The predicted molar refractivity (Wildman–Crippen MR) is 113 cm³/mol. The number of halogens is 1. The molecule has 0 aliphatic heterocycles. The van der Waals surface area contributed by atoms with E-state index in [-0.39, 0.29) is 22.8 Å². The second kappa shape index (κ2) is 9.56. The van der Waals surface area contributed by atoms with Crippen molar-refractivity contribution >= 4 is 35.1 Å². The Morgan fingerprint density at radius 1 is 1.03 bits per heavy atom. The van der Waals surface area contributed by atoms with Crippen molar-refractivity contribution in [2.75, 3.05) is 5.32 Å². The monoisotopic (exact) mass is 416 g/mol. The smallest absolute Gasteiger partial charge is 0.408 e. The summed E-state index contributed by atoms with van der Waals surface area (Å²) in [6, 6.07) is 13.1. The highest BCUT2D eigenvalue weighted by atomic mass is 35.5. The molecule has 0 fully saturated rings. The van der Waals surface area contributed by atoms with E-state index >= 15 is 0 Å². The normalized spacial score (nSPS) is 12.0. The Morgan fingerprint density at radius 3 is 2.31 bits per heavy atom. The molecule has 0 spiro atoms. The number of hydrogen-bond donors (Lipinski definition) is 2. The van der Waals surface area contributed by atoms with Gasteiger partial charge < -0.3 is 15.4 Å². The fourth-order valence-corrected chi connectivity index (χ4v) is 2.87. The molecule has 0 saturated heterocycles. The number of ketones is 1. The summed E-state index contributed by atoms with van der Waals surface area (Å²) in [7, 11) is 0. The van der Waals surface area contributed by atoms with Gasteiger partial charge in [0.1, 0.15) is 5.60 Å². The number of rotatable bonds is 6. The van der Waals surface area contributed by atoms with Crippen molar-refractivity contribution in [1.82, 2.24) is 5.32 Å². The molecule has 2 amide bonds. The minimum atomic E-state index is -0.783. The van der Waals surface area contributed by atoms with Crippen LogP contribution in [0.2, 0.25) is 5.02 Å². The molecule has 6 nitrogen and oxygen atoms in total. The molecule has 0 aliphatic carbocycles. The number of nitrogens with one attached hydrogen (secondary N) is 2. The quantitative estimate of drug-likeness (QED) is 0.719. The van der Waals surface area contributed by atoms with Crippen molar-refractivity contribution in [3.8, 4) is 0 Å². The molecule has 0 aliphatic rings. The first-order valence-electron chi connectivity index (χ1n) is 9.23. The number of amides is 2. The third-order valence-electron chi connectivity index (χ3n) is 3.94. The van der Waals surface area contributed by atoms with Crippen LogP contribution in [0.1, 0.15) is 43.6 Å². The number of para-hydroxylation sites is 1. The van der Waals surface area contributed by atoms with Gasteiger partial charge in [-0.25, -0.2) is 4.79 Å². The molecule has 2 rings (SSSR count). The van der Waals surface area contributed by atoms with Gasteiger partial charge in [0.15, 0.2) is 5.78 Å². The van der Waals surface area contributed by atoms with Crippen molar-refractivity contribution in [3.63, 3.8) is 0 Å². The number of carbonyl (C=O) groups is 3. The SMILES string of the molecule is C[C@H](NC(=O)OC(C)(C)C)C(=O)Cc1cccc(Cl)c1C(=O)Nc1ccccc1. The second-order valence-electron chi connectivity index (χ2n) is 7.61. The lowest BCUT2D eigenvalue weighted by Crippen LogP contribution is -2.42. The standard InChI is InChI=1S/C22H25ClN2O4/c1-14(24-21(28)29-22(2,3)4)18(26)13-15-9-8-12-17(23)19(15)20(27)25-16-10-6-5-7-11-16/h5-12,14H,13H2,1-4H3,(H,24,28)(H,25,27)/t14-/m0/s1. The molecule has 2 aromatic rings. The maximum Gasteiger partial charge on any atom is 0.408 e. The zero-order valence-electron chi connectivity index (χ0n) is 16.9. The summed E-state index contributed by atoms with van der Waals surface area (Å²) >= 11 is 6.25. The van der Waals surface area contributed by atoms with Gasteiger partial charge in [0.25, 0.3) is 5.91 Å². The van der Waals surface area contributed by atoms with E-state index in [1.165, 1.54) is 0 Å². The van der Waals surface area contributed by atoms with Crippen LogP contribution in [-0.4, -0.2) is 29.4 Å². The van der Waals surface area contributed by atoms with E-state index in [0.717, 1.165) is 0 Å². The molecule has 29 heavy (non-hydrogen) atoms. The van der Waals surface area contributed by atoms with Crippen LogP contribution in [0.5, 0.6) is 0 Å². The molecule has 154 valence electrons. The average molecular weight is 417 g/mol. The molecule has 7 heteroatoms. The van der Waals surface area contributed by atoms with Crippen molar-refractivity contribution in [3.05, 3.63) is 64.7 Å². The Labute approximate surface area is 175 Å². The summed E-state index contributed by atoms with van der Waals surface area (Å²) in [6.07, 6.45) is -0.735. The molecular formula is C22H25ClN2O4. The first-order valence-corrected chi connectivity index (χ1v) is 9.60. The lowest BCUT2D eigenvalue weighted by Gasteiger charge is -2.21. The molecule has 0 unspecified atom stereocenters. The summed E-state index contributed by atoms with van der Waals surface area (Å²) in [5.41, 5.74) is 0.668. The van der Waals surface area contributed by atoms with Gasteiger partial charge in [-0.15, -0.1) is 0 Å². The minimum Gasteiger partial charge on any atom is -0.444 e. The fraction of sp³-hybridized carbons (Fsp3) is 0.318. The number of hydrogen-bond acceptors (Lipinski definition) is 4. The molecule has 0 radical (unpaired) electrons. The molecule has 2 aromatic carbocycles. The van der Waals surface area contributed by atoms with E-state index in [9.17, 15) is 14.4 Å². The van der Waals surface area contributed by atoms with Gasteiger partial charge in [-0.3, -0.25) is 9.59 Å². The number of anilines is 1. The van der Waals surface area contributed by atoms with Crippen LogP contribution < -0.4 is 10.6 Å². The highest BCUT2D eigenvalue weighted by molar-refractivity contribution is 6.34. The second-order valence-corrected chi connectivity index (χ2v) is 8.01. The van der Waals surface area contributed by atoms with E-state index in [1.54, 1.807) is 70.2 Å². The minimum absolute atomic E-state index is 0.0604. The first kappa shape index (κ1) is 22.4. The molecule has 1 atom stereocenters. The number of ether oxygens (including phenoxy) is 1. The maximum atomic E-state index is 12.7. The van der Waals surface area contributed by atoms with Crippen molar-refractivity contribution in [2.45, 2.75) is 45.8 Å². The highest BCUT2D eigenvalue weighted by Gasteiger charge is 2.23. The average Bonchev–Trinajstić information content (AvgIpc) is 2.60. The Hall–Kier alpha value is -2.86. The summed E-state index contributed by atoms with van der Waals surface area (Å²) in [5.74, 6) is -0.677. The molecule has 0 aromatic heterocycles. The molecule has 0 heterocycles. The van der Waals surface area contributed by atoms with Crippen LogP contribution in [-0.2, 0) is 16.0 Å². The Kier molecular flexibility index (Phi) is 7.40. The third kappa shape index (κ3) is 6.91. The van der Waals surface area contributed by atoms with E-state index in [4.69, 9.17) is 16.3 Å². The summed E-state index contributed by atoms with van der Waals surface area (Å²) < 4.78 is 5.17. The maximum absolute atomic E-state index is 12.7. The number of carbonyl (C=O) groups excluding carboxylic acids is 3. The van der Waals surface area contributed by atoms with Crippen LogP contribution in [0.25, 0.3) is 0 Å². The van der Waals surface area contributed by atoms with E-state index < -0.39 is 23.6 Å². The third-order valence-corrected chi connectivity index (χ3v) is 4.25. The number of Topliss-reactive ketones (excluding diaryl/α,β-unsaturated/α-hetero) is 1. The van der Waals surface area contributed by atoms with Crippen LogP contribution >= 0.6 is 11.6 Å². The van der Waals surface area contributed by atoms with Gasteiger partial charge in [0, 0.05) is 12.1 Å². The molecule has 2 N–H and O–H groups in total. The Morgan fingerprint density at radius 2 is 1.69 bits per heavy atom. The molecule has 0 bridgehead atoms. The van der Waals surface area contributed by atoms with Gasteiger partial charge in [0.2, 0.25) is 0 Å².